The van der Waals surface area contributed by atoms with Gasteiger partial charge in [0.25, 0.3) is 0 Å². The first-order valence-electron chi connectivity index (χ1n) is 6.97. The SMILES string of the molecule is CCCC(CCC(=O)OC(C)C(F)(F)S(=O)(=O)O)C(C)C. The minimum atomic E-state index is -5.61. The van der Waals surface area contributed by atoms with Gasteiger partial charge in [0.15, 0.2) is 6.10 Å². The lowest BCUT2D eigenvalue weighted by Gasteiger charge is -2.22. The summed E-state index contributed by atoms with van der Waals surface area (Å²) in [6, 6.07) is 0. The molecule has 5 nitrogen and oxygen atoms in total. The highest BCUT2D eigenvalue weighted by Crippen LogP contribution is 2.28. The maximum Gasteiger partial charge on any atom is 0.405 e. The average Bonchev–Trinajstić information content (AvgIpc) is 2.32. The molecule has 0 aliphatic heterocycles. The van der Waals surface area contributed by atoms with Crippen LogP contribution in [0.5, 0.6) is 0 Å². The Morgan fingerprint density at radius 3 is 2.14 bits per heavy atom. The molecule has 0 aliphatic carbocycles. The second-order valence-corrected chi connectivity index (χ2v) is 6.99. The molecule has 0 saturated heterocycles. The zero-order valence-corrected chi connectivity index (χ0v) is 13.6. The third kappa shape index (κ3) is 6.25. The van der Waals surface area contributed by atoms with E-state index in [0.717, 1.165) is 19.8 Å². The first kappa shape index (κ1) is 20.2. The average molecular weight is 330 g/mol. The van der Waals surface area contributed by atoms with E-state index >= 15 is 0 Å². The normalized spacial score (nSPS) is 15.8. The van der Waals surface area contributed by atoms with Gasteiger partial charge in [0, 0.05) is 6.42 Å². The van der Waals surface area contributed by atoms with Crippen LogP contribution in [0.3, 0.4) is 0 Å². The minimum absolute atomic E-state index is 0.0608. The van der Waals surface area contributed by atoms with Crippen molar-refractivity contribution in [2.24, 2.45) is 11.8 Å². The molecule has 0 spiro atoms. The molecule has 0 amide bonds. The Morgan fingerprint density at radius 1 is 1.24 bits per heavy atom. The number of esters is 1. The molecule has 0 fully saturated rings. The fraction of sp³-hybridized carbons (Fsp3) is 0.923. The van der Waals surface area contributed by atoms with Crippen molar-refractivity contribution in [3.8, 4) is 0 Å². The van der Waals surface area contributed by atoms with Gasteiger partial charge in [-0.3, -0.25) is 9.35 Å². The van der Waals surface area contributed by atoms with Crippen LogP contribution in [-0.4, -0.2) is 30.3 Å². The number of carbonyl (C=O) groups excluding carboxylic acids is 1. The third-order valence-electron chi connectivity index (χ3n) is 3.45. The van der Waals surface area contributed by atoms with E-state index in [0.29, 0.717) is 12.3 Å². The van der Waals surface area contributed by atoms with Crippen molar-refractivity contribution in [3.05, 3.63) is 0 Å². The zero-order valence-electron chi connectivity index (χ0n) is 12.8. The number of ether oxygens (including phenoxy) is 1. The van der Waals surface area contributed by atoms with Crippen molar-refractivity contribution in [2.75, 3.05) is 0 Å². The van der Waals surface area contributed by atoms with Crippen molar-refractivity contribution in [2.45, 2.75) is 64.7 Å². The highest BCUT2D eigenvalue weighted by Gasteiger charge is 2.51. The van der Waals surface area contributed by atoms with E-state index in [2.05, 4.69) is 4.74 Å². The summed E-state index contributed by atoms with van der Waals surface area (Å²) in [6.45, 7) is 6.78. The molecule has 0 bridgehead atoms. The molecule has 0 rings (SSSR count). The van der Waals surface area contributed by atoms with Crippen molar-refractivity contribution in [3.63, 3.8) is 0 Å². The number of alkyl halides is 2. The fourth-order valence-corrected chi connectivity index (χ4v) is 2.49. The van der Waals surface area contributed by atoms with Gasteiger partial charge in [-0.15, -0.1) is 0 Å². The van der Waals surface area contributed by atoms with Crippen molar-refractivity contribution in [1.82, 2.24) is 0 Å². The molecule has 0 aromatic heterocycles. The van der Waals surface area contributed by atoms with Crippen LogP contribution >= 0.6 is 0 Å². The van der Waals surface area contributed by atoms with E-state index < -0.39 is 27.4 Å². The summed E-state index contributed by atoms with van der Waals surface area (Å²) in [5.74, 6) is -0.262. The molecule has 2 atom stereocenters. The summed E-state index contributed by atoms with van der Waals surface area (Å²) in [5, 5.41) is -4.51. The Morgan fingerprint density at radius 2 is 1.76 bits per heavy atom. The van der Waals surface area contributed by atoms with Crippen LogP contribution in [0.25, 0.3) is 0 Å². The van der Waals surface area contributed by atoms with Crippen LogP contribution in [0, 0.1) is 11.8 Å². The number of halogens is 2. The molecule has 0 aromatic carbocycles. The molecular formula is C13H24F2O5S. The van der Waals surface area contributed by atoms with Crippen LogP contribution in [-0.2, 0) is 19.6 Å². The molecule has 2 unspecified atom stereocenters. The lowest BCUT2D eigenvalue weighted by Crippen LogP contribution is -2.42. The number of hydrogen-bond acceptors (Lipinski definition) is 4. The van der Waals surface area contributed by atoms with Crippen molar-refractivity contribution in [1.29, 1.82) is 0 Å². The summed E-state index contributed by atoms with van der Waals surface area (Å²) in [5.41, 5.74) is 0. The molecule has 8 heteroatoms. The van der Waals surface area contributed by atoms with Crippen molar-refractivity contribution < 1.29 is 31.3 Å². The summed E-state index contributed by atoms with van der Waals surface area (Å²) >= 11 is 0. The van der Waals surface area contributed by atoms with Gasteiger partial charge in [-0.2, -0.15) is 17.2 Å². The largest absolute Gasteiger partial charge is 0.455 e. The van der Waals surface area contributed by atoms with Gasteiger partial charge in [0.05, 0.1) is 0 Å². The van der Waals surface area contributed by atoms with Crippen LogP contribution < -0.4 is 0 Å². The number of hydrogen-bond donors (Lipinski definition) is 1. The molecule has 1 N–H and O–H groups in total. The molecule has 0 saturated carbocycles. The second-order valence-electron chi connectivity index (χ2n) is 5.50. The van der Waals surface area contributed by atoms with Gasteiger partial charge in [-0.1, -0.05) is 33.6 Å². The monoisotopic (exact) mass is 330 g/mol. The molecule has 126 valence electrons. The fourth-order valence-electron chi connectivity index (χ4n) is 2.02. The third-order valence-corrected chi connectivity index (χ3v) is 4.47. The van der Waals surface area contributed by atoms with Gasteiger partial charge in [0.2, 0.25) is 0 Å². The Labute approximate surface area is 124 Å². The quantitative estimate of drug-likeness (QED) is 0.518. The number of carbonyl (C=O) groups is 1. The summed E-state index contributed by atoms with van der Waals surface area (Å²) in [4.78, 5) is 11.5. The van der Waals surface area contributed by atoms with E-state index in [1.54, 1.807) is 0 Å². The Bertz CT molecular complexity index is 434. The Hall–Kier alpha value is -0.760. The van der Waals surface area contributed by atoms with Crippen LogP contribution in [0.1, 0.15) is 53.4 Å². The maximum atomic E-state index is 13.2. The van der Waals surface area contributed by atoms with E-state index in [9.17, 15) is 22.0 Å². The molecule has 0 radical (unpaired) electrons. The van der Waals surface area contributed by atoms with Gasteiger partial charge in [0.1, 0.15) is 0 Å². The lowest BCUT2D eigenvalue weighted by atomic mass is 9.87. The van der Waals surface area contributed by atoms with E-state index in [-0.39, 0.29) is 12.3 Å². The zero-order chi connectivity index (χ0) is 16.8. The molecule has 21 heavy (non-hydrogen) atoms. The predicted octanol–water partition coefficient (Wildman–Crippen LogP) is 3.25. The maximum absolute atomic E-state index is 13.2. The first-order chi connectivity index (χ1) is 9.43. The summed E-state index contributed by atoms with van der Waals surface area (Å²) in [7, 11) is -5.61. The highest BCUT2D eigenvalue weighted by molar-refractivity contribution is 7.86. The van der Waals surface area contributed by atoms with Gasteiger partial charge in [-0.05, 0) is 25.2 Å². The summed E-state index contributed by atoms with van der Waals surface area (Å²) in [6.07, 6.45) is 0.0729. The predicted molar refractivity (Wildman–Crippen MR) is 74.5 cm³/mol. The molecule has 0 aliphatic rings. The lowest BCUT2D eigenvalue weighted by molar-refractivity contribution is -0.159. The number of rotatable bonds is 9. The van der Waals surface area contributed by atoms with Gasteiger partial charge in [-0.25, -0.2) is 0 Å². The topological polar surface area (TPSA) is 80.7 Å². The van der Waals surface area contributed by atoms with E-state index in [1.807, 2.05) is 20.8 Å². The van der Waals surface area contributed by atoms with Crippen molar-refractivity contribution >= 4 is 16.1 Å². The molecule has 0 aromatic rings. The van der Waals surface area contributed by atoms with Crippen LogP contribution in [0.4, 0.5) is 8.78 Å². The smallest absolute Gasteiger partial charge is 0.405 e. The van der Waals surface area contributed by atoms with Gasteiger partial charge >= 0.3 is 21.3 Å². The Kier molecular flexibility index (Phi) is 7.74. The molecule has 0 heterocycles. The van der Waals surface area contributed by atoms with E-state index in [4.69, 9.17) is 4.55 Å². The van der Waals surface area contributed by atoms with Crippen LogP contribution in [0.15, 0.2) is 0 Å². The Balaban J connectivity index is 4.51. The standard InChI is InChI=1S/C13H24F2O5S/c1-5-6-11(9(2)3)7-8-12(16)20-10(4)13(14,15)21(17,18)19/h9-11H,5-8H2,1-4H3,(H,17,18,19). The van der Waals surface area contributed by atoms with Gasteiger partial charge < -0.3 is 4.74 Å². The minimum Gasteiger partial charge on any atom is -0.455 e. The molecular weight excluding hydrogens is 306 g/mol. The highest BCUT2D eigenvalue weighted by atomic mass is 32.2. The summed E-state index contributed by atoms with van der Waals surface area (Å²) < 4.78 is 60.3. The second kappa shape index (κ2) is 8.03. The van der Waals surface area contributed by atoms with Crippen LogP contribution in [0.2, 0.25) is 0 Å². The first-order valence-corrected chi connectivity index (χ1v) is 8.41. The van der Waals surface area contributed by atoms with E-state index in [1.165, 1.54) is 0 Å².